The van der Waals surface area contributed by atoms with E-state index in [1.165, 1.54) is 17.4 Å². The number of piperazine rings is 1. The maximum atomic E-state index is 12.0. The van der Waals surface area contributed by atoms with Crippen LogP contribution in [0.1, 0.15) is 12.5 Å². The van der Waals surface area contributed by atoms with Crippen molar-refractivity contribution in [3.8, 4) is 6.07 Å². The van der Waals surface area contributed by atoms with Crippen molar-refractivity contribution in [1.29, 1.82) is 5.26 Å². The quantitative estimate of drug-likeness (QED) is 0.776. The van der Waals surface area contributed by atoms with Crippen molar-refractivity contribution >= 4 is 21.6 Å². The van der Waals surface area contributed by atoms with Gasteiger partial charge in [0.15, 0.2) is 0 Å². The molecule has 0 saturated carbocycles. The first-order valence-electron chi connectivity index (χ1n) is 6.51. The predicted molar refractivity (Wildman–Crippen MR) is 77.2 cm³/mol. The summed E-state index contributed by atoms with van der Waals surface area (Å²) in [7, 11) is -3.51. The Bertz CT molecular complexity index is 656. The van der Waals surface area contributed by atoms with E-state index in [1.54, 1.807) is 12.1 Å². The normalized spacial score (nSPS) is 16.5. The van der Waals surface area contributed by atoms with Crippen LogP contribution < -0.4 is 4.90 Å². The number of rotatable bonds is 4. The van der Waals surface area contributed by atoms with Crippen LogP contribution in [0.3, 0.4) is 0 Å². The van der Waals surface area contributed by atoms with E-state index in [-0.39, 0.29) is 5.78 Å². The minimum Gasteiger partial charge on any atom is -0.354 e. The molecule has 21 heavy (non-hydrogen) atoms. The average Bonchev–Trinajstić information content (AvgIpc) is 2.46. The molecule has 1 aliphatic rings. The maximum Gasteiger partial charge on any atom is 0.221 e. The van der Waals surface area contributed by atoms with Gasteiger partial charge in [0.1, 0.15) is 23.4 Å². The molecule has 1 aliphatic heterocycles. The molecular formula is C13H16N4O3S. The van der Waals surface area contributed by atoms with Crippen LogP contribution >= 0.6 is 0 Å². The first kappa shape index (κ1) is 15.4. The summed E-state index contributed by atoms with van der Waals surface area (Å²) >= 11 is 0. The number of carbonyl (C=O) groups excluding carboxylic acids is 1. The van der Waals surface area contributed by atoms with Gasteiger partial charge in [-0.25, -0.2) is 13.4 Å². The summed E-state index contributed by atoms with van der Waals surface area (Å²) in [6.07, 6.45) is 1.49. The molecular weight excluding hydrogens is 292 g/mol. The van der Waals surface area contributed by atoms with E-state index in [2.05, 4.69) is 4.98 Å². The van der Waals surface area contributed by atoms with Crippen LogP contribution in [0.5, 0.6) is 0 Å². The Morgan fingerprint density at radius 2 is 2.00 bits per heavy atom. The molecule has 1 aromatic rings. The molecule has 0 bridgehead atoms. The van der Waals surface area contributed by atoms with Crippen molar-refractivity contribution in [1.82, 2.24) is 9.29 Å². The second-order valence-corrected chi connectivity index (χ2v) is 6.83. The van der Waals surface area contributed by atoms with Gasteiger partial charge in [-0.1, -0.05) is 0 Å². The van der Waals surface area contributed by atoms with Gasteiger partial charge in [0.25, 0.3) is 0 Å². The third kappa shape index (κ3) is 3.77. The van der Waals surface area contributed by atoms with Crippen molar-refractivity contribution in [2.75, 3.05) is 36.8 Å². The third-order valence-electron chi connectivity index (χ3n) is 3.22. The molecule has 112 valence electrons. The zero-order chi connectivity index (χ0) is 15.5. The first-order valence-corrected chi connectivity index (χ1v) is 8.11. The van der Waals surface area contributed by atoms with Crippen molar-refractivity contribution in [2.24, 2.45) is 0 Å². The summed E-state index contributed by atoms with van der Waals surface area (Å²) in [5, 5.41) is 8.73. The Hall–Kier alpha value is -1.98. The second-order valence-electron chi connectivity index (χ2n) is 4.86. The lowest BCUT2D eigenvalue weighted by Gasteiger charge is -2.34. The van der Waals surface area contributed by atoms with E-state index in [1.807, 2.05) is 11.0 Å². The predicted octanol–water partition coefficient (Wildman–Crippen LogP) is -0.00592. The highest BCUT2D eigenvalue weighted by Gasteiger charge is 2.28. The fourth-order valence-electron chi connectivity index (χ4n) is 2.18. The topological polar surface area (TPSA) is 94.4 Å². The summed E-state index contributed by atoms with van der Waals surface area (Å²) in [5.74, 6) is -0.0777. The molecule has 8 heteroatoms. The molecule has 1 saturated heterocycles. The van der Waals surface area contributed by atoms with E-state index in [9.17, 15) is 13.2 Å². The van der Waals surface area contributed by atoms with E-state index in [0.717, 1.165) is 5.82 Å². The SMILES string of the molecule is CC(=O)CS(=O)(=O)N1CCN(c2ccc(C#N)cn2)CC1. The first-order chi connectivity index (χ1) is 9.92. The molecule has 1 fully saturated rings. The Morgan fingerprint density at radius 1 is 1.33 bits per heavy atom. The molecule has 0 atom stereocenters. The number of hydrogen-bond donors (Lipinski definition) is 0. The number of ketones is 1. The van der Waals surface area contributed by atoms with Crippen LogP contribution in [0.15, 0.2) is 18.3 Å². The Morgan fingerprint density at radius 3 is 2.48 bits per heavy atom. The highest BCUT2D eigenvalue weighted by molar-refractivity contribution is 7.89. The largest absolute Gasteiger partial charge is 0.354 e. The molecule has 0 unspecified atom stereocenters. The van der Waals surface area contributed by atoms with Gasteiger partial charge >= 0.3 is 0 Å². The monoisotopic (exact) mass is 308 g/mol. The lowest BCUT2D eigenvalue weighted by molar-refractivity contribution is -0.114. The molecule has 0 aliphatic carbocycles. The molecule has 0 amide bonds. The van der Waals surface area contributed by atoms with E-state index in [0.29, 0.717) is 31.7 Å². The van der Waals surface area contributed by atoms with Gasteiger partial charge in [0, 0.05) is 32.4 Å². The number of pyridine rings is 1. The number of carbonyl (C=O) groups is 1. The molecule has 0 spiro atoms. The molecule has 0 N–H and O–H groups in total. The van der Waals surface area contributed by atoms with Gasteiger partial charge in [-0.05, 0) is 19.1 Å². The van der Waals surface area contributed by atoms with Gasteiger partial charge < -0.3 is 4.90 Å². The van der Waals surface area contributed by atoms with Crippen molar-refractivity contribution in [3.63, 3.8) is 0 Å². The fraction of sp³-hybridized carbons (Fsp3) is 0.462. The number of aromatic nitrogens is 1. The lowest BCUT2D eigenvalue weighted by atomic mass is 10.3. The van der Waals surface area contributed by atoms with Crippen molar-refractivity contribution in [2.45, 2.75) is 6.92 Å². The zero-order valence-corrected chi connectivity index (χ0v) is 12.5. The fourth-order valence-corrected chi connectivity index (χ4v) is 3.60. The van der Waals surface area contributed by atoms with E-state index < -0.39 is 15.8 Å². The summed E-state index contributed by atoms with van der Waals surface area (Å²) in [4.78, 5) is 17.1. The smallest absolute Gasteiger partial charge is 0.221 e. The average molecular weight is 308 g/mol. The third-order valence-corrected chi connectivity index (χ3v) is 5.14. The van der Waals surface area contributed by atoms with Gasteiger partial charge in [0.2, 0.25) is 10.0 Å². The van der Waals surface area contributed by atoms with Crippen molar-refractivity contribution < 1.29 is 13.2 Å². The van der Waals surface area contributed by atoms with Crippen LogP contribution in [0.4, 0.5) is 5.82 Å². The number of hydrogen-bond acceptors (Lipinski definition) is 6. The Labute approximate surface area is 123 Å². The maximum absolute atomic E-state index is 12.0. The van der Waals surface area contributed by atoms with Crippen LogP contribution in [-0.4, -0.2) is 55.4 Å². The van der Waals surface area contributed by atoms with Gasteiger partial charge in [0.05, 0.1) is 5.56 Å². The van der Waals surface area contributed by atoms with Crippen LogP contribution in [0.25, 0.3) is 0 Å². The standard InChI is InChI=1S/C13H16N4O3S/c1-11(18)10-21(19,20)17-6-4-16(5-7-17)13-3-2-12(8-14)9-15-13/h2-3,9H,4-7,10H2,1H3. The Kier molecular flexibility index (Phi) is 4.55. The van der Waals surface area contributed by atoms with Crippen molar-refractivity contribution in [3.05, 3.63) is 23.9 Å². The molecule has 2 rings (SSSR count). The van der Waals surface area contributed by atoms with Gasteiger partial charge in [-0.2, -0.15) is 9.57 Å². The number of sulfonamides is 1. The molecule has 2 heterocycles. The van der Waals surface area contributed by atoms with Crippen LogP contribution in [0, 0.1) is 11.3 Å². The highest BCUT2D eigenvalue weighted by atomic mass is 32.2. The van der Waals surface area contributed by atoms with Crippen LogP contribution in [0.2, 0.25) is 0 Å². The second kappa shape index (κ2) is 6.20. The minimum absolute atomic E-state index is 0.331. The highest BCUT2D eigenvalue weighted by Crippen LogP contribution is 2.15. The summed E-state index contributed by atoms with van der Waals surface area (Å²) < 4.78 is 25.3. The number of nitriles is 1. The van der Waals surface area contributed by atoms with Crippen LogP contribution in [-0.2, 0) is 14.8 Å². The summed E-state index contributed by atoms with van der Waals surface area (Å²) in [6.45, 7) is 2.95. The van der Waals surface area contributed by atoms with Gasteiger partial charge in [-0.3, -0.25) is 4.79 Å². The van der Waals surface area contributed by atoms with Gasteiger partial charge in [-0.15, -0.1) is 0 Å². The molecule has 1 aromatic heterocycles. The molecule has 0 radical (unpaired) electrons. The van der Waals surface area contributed by atoms with E-state index in [4.69, 9.17) is 5.26 Å². The Balaban J connectivity index is 2.00. The zero-order valence-electron chi connectivity index (χ0n) is 11.7. The summed E-state index contributed by atoms with van der Waals surface area (Å²) in [5.41, 5.74) is 0.487. The van der Waals surface area contributed by atoms with E-state index >= 15 is 0 Å². The lowest BCUT2D eigenvalue weighted by Crippen LogP contribution is -2.50. The molecule has 0 aromatic carbocycles. The number of anilines is 1. The number of Topliss-reactive ketones (excluding diaryl/α,β-unsaturated/α-hetero) is 1. The molecule has 7 nitrogen and oxygen atoms in total. The minimum atomic E-state index is -3.51. The number of nitrogens with zero attached hydrogens (tertiary/aromatic N) is 4. The summed E-state index contributed by atoms with van der Waals surface area (Å²) in [6, 6.07) is 5.43.